The first-order valence-corrected chi connectivity index (χ1v) is 0. The van der Waals surface area contributed by atoms with Crippen LogP contribution in [0, 0.1) is 0 Å². The van der Waals surface area contributed by atoms with E-state index in [1.54, 1.807) is 0 Å². The molecule has 0 heterocycles. The SMILES string of the molecule is [Mn+2].[Mn+2].[Nb+5].[Nb+5].[O-2].[O-2].[O-2].[O-2].[O-2].[O-2].[O-2]. The van der Waals surface area contributed by atoms with Crippen LogP contribution in [0.3, 0.4) is 0 Å². The first kappa shape index (κ1) is 395. The smallest absolute Gasteiger partial charge is 2.00 e. The molecule has 0 aromatic heterocycles. The van der Waals surface area contributed by atoms with E-state index in [0.717, 1.165) is 0 Å². The largest absolute Gasteiger partial charge is 5.00 e. The minimum absolute atomic E-state index is 0. The summed E-state index contributed by atoms with van der Waals surface area (Å²) < 4.78 is 0. The summed E-state index contributed by atoms with van der Waals surface area (Å²) in [6, 6.07) is 0. The molecule has 0 aliphatic carbocycles. The minimum atomic E-state index is 0. The quantitative estimate of drug-likeness (QED) is 0.451. The van der Waals surface area contributed by atoms with E-state index < -0.39 is 0 Å². The van der Waals surface area contributed by atoms with Gasteiger partial charge in [0.05, 0.1) is 0 Å². The van der Waals surface area contributed by atoms with E-state index in [1.165, 1.54) is 0 Å². The molecule has 0 atom stereocenters. The van der Waals surface area contributed by atoms with Crippen molar-refractivity contribution in [2.45, 2.75) is 0 Å². The van der Waals surface area contributed by atoms with E-state index in [0.29, 0.717) is 0 Å². The Kier molecular flexibility index (Phi) is 11100. The predicted octanol–water partition coefficient (Wildman–Crippen LogP) is -0.842. The Bertz CT molecular complexity index is 14.4. The van der Waals surface area contributed by atoms with Crippen molar-refractivity contribution in [1.29, 1.82) is 0 Å². The van der Waals surface area contributed by atoms with Gasteiger partial charge in [0.1, 0.15) is 0 Å². The van der Waals surface area contributed by atoms with Crippen molar-refractivity contribution in [1.82, 2.24) is 0 Å². The van der Waals surface area contributed by atoms with Gasteiger partial charge in [-0.2, -0.15) is 0 Å². The van der Waals surface area contributed by atoms with Crippen LogP contribution in [-0.4, -0.2) is 0 Å². The van der Waals surface area contributed by atoms with Gasteiger partial charge in [0.2, 0.25) is 0 Å². The Morgan fingerprint density at radius 2 is 0.273 bits per heavy atom. The summed E-state index contributed by atoms with van der Waals surface area (Å²) in [6.07, 6.45) is 0. The van der Waals surface area contributed by atoms with Crippen molar-refractivity contribution < 1.29 is 117 Å². The maximum Gasteiger partial charge on any atom is 5.00 e. The van der Waals surface area contributed by atoms with Crippen molar-refractivity contribution in [3.05, 3.63) is 0 Å². The van der Waals surface area contributed by atoms with Crippen molar-refractivity contribution in [2.24, 2.45) is 0 Å². The van der Waals surface area contributed by atoms with Gasteiger partial charge in [-0.15, -0.1) is 0 Å². The molecule has 66 valence electrons. The Morgan fingerprint density at radius 1 is 0.273 bits per heavy atom. The fourth-order valence-corrected chi connectivity index (χ4v) is 0. The molecule has 0 aliphatic rings. The zero-order valence-electron chi connectivity index (χ0n) is 4.51. The summed E-state index contributed by atoms with van der Waals surface area (Å²) in [4.78, 5) is 0. The molecule has 0 amide bonds. The zero-order chi connectivity index (χ0) is 0. The molecular weight excluding hydrogens is 408 g/mol. The second-order valence-electron chi connectivity index (χ2n) is 0. The second-order valence-corrected chi connectivity index (χ2v) is 0. The van der Waals surface area contributed by atoms with Crippen molar-refractivity contribution >= 4 is 0 Å². The van der Waals surface area contributed by atoms with Crippen LogP contribution in [0.4, 0.5) is 0 Å². The average Bonchev–Trinajstić information content (AvgIpc) is 0. The molecule has 0 N–H and O–H groups in total. The fraction of sp³-hybridized carbons (Fsp3) is 0. The van der Waals surface area contributed by atoms with Gasteiger partial charge in [-0.25, -0.2) is 0 Å². The summed E-state index contributed by atoms with van der Waals surface area (Å²) in [6.45, 7) is 0. The summed E-state index contributed by atoms with van der Waals surface area (Å²) in [5, 5.41) is 0. The molecule has 0 aromatic rings. The molecule has 0 spiro atoms. The summed E-state index contributed by atoms with van der Waals surface area (Å²) >= 11 is 0. The third kappa shape index (κ3) is 256. The van der Waals surface area contributed by atoms with E-state index in [1.807, 2.05) is 0 Å². The minimum Gasteiger partial charge on any atom is -2.00 e. The molecule has 7 nitrogen and oxygen atoms in total. The van der Waals surface area contributed by atoms with E-state index >= 15 is 0 Å². The average molecular weight is 408 g/mol. The molecular formula is Mn2Nb2O7. The van der Waals surface area contributed by atoms with E-state index in [2.05, 4.69) is 0 Å². The van der Waals surface area contributed by atoms with Gasteiger partial charge >= 0.3 is 78.9 Å². The monoisotopic (exact) mass is 408 g/mol. The zero-order valence-corrected chi connectivity index (χ0v) is 11.3. The summed E-state index contributed by atoms with van der Waals surface area (Å²) in [5.41, 5.74) is 0. The molecule has 2 radical (unpaired) electrons. The first-order valence-electron chi connectivity index (χ1n) is 0. The predicted molar refractivity (Wildman–Crippen MR) is 4.81 cm³/mol. The van der Waals surface area contributed by atoms with Crippen LogP contribution in [0.25, 0.3) is 0 Å². The van der Waals surface area contributed by atoms with Gasteiger partial charge in [-0.3, -0.25) is 0 Å². The molecule has 0 unspecified atom stereocenters. The van der Waals surface area contributed by atoms with Crippen molar-refractivity contribution in [2.75, 3.05) is 0 Å². The molecule has 0 aromatic carbocycles. The number of rotatable bonds is 0. The summed E-state index contributed by atoms with van der Waals surface area (Å²) in [5.74, 6) is 0. The molecule has 11 heteroatoms. The Hall–Kier alpha value is 2.24. The third-order valence-electron chi connectivity index (χ3n) is 0. The van der Waals surface area contributed by atoms with Gasteiger partial charge in [-0.05, 0) is 0 Å². The van der Waals surface area contributed by atoms with Crippen LogP contribution < -0.4 is 0 Å². The van der Waals surface area contributed by atoms with E-state index in [9.17, 15) is 0 Å². The molecule has 11 heavy (non-hydrogen) atoms. The molecule has 0 saturated carbocycles. The third-order valence-corrected chi connectivity index (χ3v) is 0. The van der Waals surface area contributed by atoms with Crippen molar-refractivity contribution in [3.63, 3.8) is 0 Å². The summed E-state index contributed by atoms with van der Waals surface area (Å²) in [7, 11) is 0. The molecule has 0 bridgehead atoms. The standard InChI is InChI=1S/2Mn.2Nb.7O/q2*+2;2*+5;7*-2. The second kappa shape index (κ2) is 308. The number of hydrogen-bond donors (Lipinski definition) is 0. The van der Waals surface area contributed by atoms with Crippen molar-refractivity contribution in [3.8, 4) is 0 Å². The maximum atomic E-state index is 0. The fourth-order valence-electron chi connectivity index (χ4n) is 0. The van der Waals surface area contributed by atoms with E-state index in [4.69, 9.17) is 0 Å². The molecule has 0 aliphatic heterocycles. The Labute approximate surface area is 116 Å². The molecule has 0 rings (SSSR count). The Balaban J connectivity index is 0. The molecule has 0 fully saturated rings. The van der Waals surface area contributed by atoms with E-state index in [-0.39, 0.29) is 117 Å². The van der Waals surface area contributed by atoms with Crippen LogP contribution in [0.1, 0.15) is 0 Å². The number of hydrogen-bond acceptors (Lipinski definition) is 0. The van der Waals surface area contributed by atoms with Crippen LogP contribution in [0.5, 0.6) is 0 Å². The topological polar surface area (TPSA) is 200 Å². The Morgan fingerprint density at radius 3 is 0.273 bits per heavy atom. The molecule has 0 saturated heterocycles. The van der Waals surface area contributed by atoms with Gasteiger partial charge in [0.25, 0.3) is 0 Å². The van der Waals surface area contributed by atoms with Crippen LogP contribution >= 0.6 is 0 Å². The van der Waals surface area contributed by atoms with Gasteiger partial charge in [0, 0.05) is 0 Å². The normalized spacial score (nSPS) is 0. The maximum absolute atomic E-state index is 0. The van der Waals surface area contributed by atoms with Gasteiger partial charge in [-0.1, -0.05) is 0 Å². The van der Waals surface area contributed by atoms with Crippen LogP contribution in [-0.2, 0) is 117 Å². The van der Waals surface area contributed by atoms with Gasteiger partial charge in [0.15, 0.2) is 0 Å². The van der Waals surface area contributed by atoms with Crippen LogP contribution in [0.15, 0.2) is 0 Å². The van der Waals surface area contributed by atoms with Gasteiger partial charge < -0.3 is 38.3 Å². The van der Waals surface area contributed by atoms with Crippen LogP contribution in [0.2, 0.25) is 0 Å². The first-order chi connectivity index (χ1) is 0.